The molecule has 1 aliphatic rings. The van der Waals surface area contributed by atoms with Gasteiger partial charge in [0.25, 0.3) is 0 Å². The fourth-order valence-corrected chi connectivity index (χ4v) is 3.84. The lowest BCUT2D eigenvalue weighted by molar-refractivity contribution is -0.126. The highest BCUT2D eigenvalue weighted by molar-refractivity contribution is 8.15. The van der Waals surface area contributed by atoms with Gasteiger partial charge in [-0.3, -0.25) is 9.69 Å². The summed E-state index contributed by atoms with van der Waals surface area (Å²) >= 11 is 1.52. The van der Waals surface area contributed by atoms with E-state index >= 15 is 0 Å². The van der Waals surface area contributed by atoms with E-state index in [9.17, 15) is 4.79 Å². The first-order chi connectivity index (χ1) is 12.3. The van der Waals surface area contributed by atoms with Gasteiger partial charge in [-0.1, -0.05) is 85.8 Å². The highest BCUT2D eigenvalue weighted by atomic mass is 32.2. The minimum absolute atomic E-state index is 0.0561. The van der Waals surface area contributed by atoms with Crippen LogP contribution in [0, 0.1) is 0 Å². The summed E-state index contributed by atoms with van der Waals surface area (Å²) in [4.78, 5) is 14.5. The molecule has 3 rings (SSSR count). The van der Waals surface area contributed by atoms with E-state index in [1.54, 1.807) is 11.1 Å². The number of benzene rings is 2. The molecular weight excluding hydrogens is 330 g/mol. The number of hydrogen-bond acceptors (Lipinski definition) is 4. The van der Waals surface area contributed by atoms with Gasteiger partial charge in [-0.25, -0.2) is 0 Å². The zero-order chi connectivity index (χ0) is 17.5. The molecule has 0 bridgehead atoms. The molecule has 0 spiro atoms. The summed E-state index contributed by atoms with van der Waals surface area (Å²) in [6, 6.07) is 19.8. The van der Waals surface area contributed by atoms with E-state index in [2.05, 4.69) is 17.1 Å². The van der Waals surface area contributed by atoms with Gasteiger partial charge in [0.15, 0.2) is 5.17 Å². The lowest BCUT2D eigenvalue weighted by Gasteiger charge is -2.15. The Kier molecular flexibility index (Phi) is 6.01. The maximum Gasteiger partial charge on any atom is 0.242 e. The van der Waals surface area contributed by atoms with Crippen molar-refractivity contribution in [2.45, 2.75) is 31.6 Å². The summed E-state index contributed by atoms with van der Waals surface area (Å²) in [5, 5.41) is 9.15. The van der Waals surface area contributed by atoms with Gasteiger partial charge in [-0.2, -0.15) is 5.10 Å². The van der Waals surface area contributed by atoms with Crippen LogP contribution in [-0.2, 0) is 11.3 Å². The van der Waals surface area contributed by atoms with Crippen LogP contribution in [0.5, 0.6) is 0 Å². The minimum atomic E-state index is -0.0561. The second-order valence-corrected chi connectivity index (χ2v) is 7.01. The fourth-order valence-electron chi connectivity index (χ4n) is 2.63. The zero-order valence-electron chi connectivity index (χ0n) is 14.2. The largest absolute Gasteiger partial charge is 0.284 e. The van der Waals surface area contributed by atoms with Crippen LogP contribution in [0.15, 0.2) is 70.9 Å². The van der Waals surface area contributed by atoms with E-state index in [1.807, 2.05) is 60.7 Å². The Labute approximate surface area is 152 Å². The second-order valence-electron chi connectivity index (χ2n) is 5.84. The van der Waals surface area contributed by atoms with Crippen molar-refractivity contribution < 1.29 is 4.79 Å². The summed E-state index contributed by atoms with van der Waals surface area (Å²) in [7, 11) is 0. The van der Waals surface area contributed by atoms with Gasteiger partial charge in [0.05, 0.1) is 18.0 Å². The highest BCUT2D eigenvalue weighted by Crippen LogP contribution is 2.31. The lowest BCUT2D eigenvalue weighted by Crippen LogP contribution is -2.31. The number of amides is 1. The van der Waals surface area contributed by atoms with Gasteiger partial charge < -0.3 is 0 Å². The first-order valence-corrected chi connectivity index (χ1v) is 9.34. The quantitative estimate of drug-likeness (QED) is 0.575. The van der Waals surface area contributed by atoms with Crippen LogP contribution in [0.25, 0.3) is 0 Å². The molecular formula is C20H21N3OS. The van der Waals surface area contributed by atoms with Gasteiger partial charge in [0, 0.05) is 0 Å². The molecule has 4 nitrogen and oxygen atoms in total. The van der Waals surface area contributed by atoms with Gasteiger partial charge in [0.2, 0.25) is 5.91 Å². The fraction of sp³-hybridized carbons (Fsp3) is 0.250. The van der Waals surface area contributed by atoms with Crippen molar-refractivity contribution in [2.24, 2.45) is 10.2 Å². The first kappa shape index (κ1) is 17.4. The smallest absolute Gasteiger partial charge is 0.242 e. The Morgan fingerprint density at radius 2 is 1.76 bits per heavy atom. The minimum Gasteiger partial charge on any atom is -0.284 e. The van der Waals surface area contributed by atoms with Crippen molar-refractivity contribution in [3.63, 3.8) is 0 Å². The molecule has 2 aromatic rings. The molecule has 1 aliphatic heterocycles. The van der Waals surface area contributed by atoms with Crippen LogP contribution in [-0.4, -0.2) is 27.4 Å². The molecule has 1 fully saturated rings. The zero-order valence-corrected chi connectivity index (χ0v) is 15.0. The third-order valence-electron chi connectivity index (χ3n) is 3.90. The number of nitrogens with zero attached hydrogens (tertiary/aromatic N) is 3. The van der Waals surface area contributed by atoms with Gasteiger partial charge in [-0.15, -0.1) is 5.10 Å². The molecule has 0 saturated carbocycles. The molecule has 1 heterocycles. The van der Waals surface area contributed by atoms with E-state index in [-0.39, 0.29) is 11.2 Å². The van der Waals surface area contributed by atoms with Crippen molar-refractivity contribution in [2.75, 3.05) is 0 Å². The molecule has 1 amide bonds. The highest BCUT2D eigenvalue weighted by Gasteiger charge is 2.37. The Bertz CT molecular complexity index is 759. The number of hydrogen-bond donors (Lipinski definition) is 0. The van der Waals surface area contributed by atoms with Crippen LogP contribution in [0.4, 0.5) is 0 Å². The summed E-state index contributed by atoms with van der Waals surface area (Å²) in [6.07, 6.45) is 3.55. The predicted octanol–water partition coefficient (Wildman–Crippen LogP) is 4.32. The lowest BCUT2D eigenvalue weighted by atomic mass is 10.2. The molecule has 0 N–H and O–H groups in total. The third-order valence-corrected chi connectivity index (χ3v) is 5.14. The molecule has 1 atom stereocenters. The van der Waals surface area contributed by atoms with Crippen molar-refractivity contribution in [1.29, 1.82) is 0 Å². The van der Waals surface area contributed by atoms with Crippen molar-refractivity contribution in [3.8, 4) is 0 Å². The maximum atomic E-state index is 12.7. The van der Waals surface area contributed by atoms with E-state index in [4.69, 9.17) is 0 Å². The number of amidine groups is 1. The molecule has 2 aromatic carbocycles. The van der Waals surface area contributed by atoms with Crippen molar-refractivity contribution >= 4 is 29.1 Å². The van der Waals surface area contributed by atoms with Gasteiger partial charge in [0.1, 0.15) is 0 Å². The molecule has 25 heavy (non-hydrogen) atoms. The Hall–Kier alpha value is -2.40. The molecule has 5 heteroatoms. The first-order valence-electron chi connectivity index (χ1n) is 8.46. The summed E-state index contributed by atoms with van der Waals surface area (Å²) in [5.74, 6) is 0.129. The molecule has 0 aliphatic carbocycles. The Morgan fingerprint density at radius 1 is 1.08 bits per heavy atom. The van der Waals surface area contributed by atoms with Crippen molar-refractivity contribution in [1.82, 2.24) is 4.90 Å². The molecule has 1 saturated heterocycles. The van der Waals surface area contributed by atoms with Crippen LogP contribution >= 0.6 is 11.8 Å². The monoisotopic (exact) mass is 351 g/mol. The summed E-state index contributed by atoms with van der Waals surface area (Å²) in [6.45, 7) is 2.63. The second kappa shape index (κ2) is 8.62. The predicted molar refractivity (Wildman–Crippen MR) is 105 cm³/mol. The maximum absolute atomic E-state index is 12.7. The molecule has 0 radical (unpaired) electrons. The Morgan fingerprint density at radius 3 is 2.44 bits per heavy atom. The number of carbonyl (C=O) groups is 1. The topological polar surface area (TPSA) is 45.0 Å². The number of rotatable bonds is 6. The van der Waals surface area contributed by atoms with Crippen LogP contribution < -0.4 is 0 Å². The van der Waals surface area contributed by atoms with E-state index in [1.165, 1.54) is 11.8 Å². The third kappa shape index (κ3) is 4.57. The van der Waals surface area contributed by atoms with E-state index in [0.717, 1.165) is 24.0 Å². The summed E-state index contributed by atoms with van der Waals surface area (Å²) < 4.78 is 0. The SMILES string of the molecule is CCC[C@@H]1S/C(=N\N=C/c2ccccc2)N(Cc2ccccc2)C1=O. The Balaban J connectivity index is 1.79. The average molecular weight is 351 g/mol. The standard InChI is InChI=1S/C20H21N3OS/c1-2-9-18-19(24)23(15-17-12-7-4-8-13-17)20(25-18)22-21-14-16-10-5-3-6-11-16/h3-8,10-14,18H,2,9,15H2,1H3/b21-14-,22-20-/t18-/m0/s1. The molecule has 0 unspecified atom stereocenters. The number of thioether (sulfide) groups is 1. The summed E-state index contributed by atoms with van der Waals surface area (Å²) in [5.41, 5.74) is 2.08. The van der Waals surface area contributed by atoms with Gasteiger partial charge in [-0.05, 0) is 17.5 Å². The number of carbonyl (C=O) groups excluding carboxylic acids is 1. The van der Waals surface area contributed by atoms with Crippen LogP contribution in [0.3, 0.4) is 0 Å². The van der Waals surface area contributed by atoms with Gasteiger partial charge >= 0.3 is 0 Å². The molecule has 0 aromatic heterocycles. The average Bonchev–Trinajstić information content (AvgIpc) is 2.93. The van der Waals surface area contributed by atoms with E-state index in [0.29, 0.717) is 11.7 Å². The normalized spacial score (nSPS) is 19.2. The van der Waals surface area contributed by atoms with Crippen molar-refractivity contribution in [3.05, 3.63) is 71.8 Å². The van der Waals surface area contributed by atoms with Crippen LogP contribution in [0.1, 0.15) is 30.9 Å². The molecule has 128 valence electrons. The van der Waals surface area contributed by atoms with Crippen LogP contribution in [0.2, 0.25) is 0 Å². The van der Waals surface area contributed by atoms with E-state index < -0.39 is 0 Å².